The lowest BCUT2D eigenvalue weighted by molar-refractivity contribution is 0.0954. The summed E-state index contributed by atoms with van der Waals surface area (Å²) < 4.78 is 6.34. The first-order valence-corrected chi connectivity index (χ1v) is 12.3. The predicted molar refractivity (Wildman–Crippen MR) is 139 cm³/mol. The Morgan fingerprint density at radius 3 is 2.00 bits per heavy atom. The predicted octanol–water partition coefficient (Wildman–Crippen LogP) is 5.93. The Morgan fingerprint density at radius 1 is 0.794 bits per heavy atom. The van der Waals surface area contributed by atoms with Gasteiger partial charge >= 0.3 is 0 Å². The van der Waals surface area contributed by atoms with E-state index in [1.807, 2.05) is 42.5 Å². The van der Waals surface area contributed by atoms with E-state index in [9.17, 15) is 10.2 Å². The Kier molecular flexibility index (Phi) is 9.70. The summed E-state index contributed by atoms with van der Waals surface area (Å²) in [5.41, 5.74) is 4.07. The minimum absolute atomic E-state index is 0.0952. The highest BCUT2D eigenvalue weighted by Gasteiger charge is 2.23. The zero-order chi connectivity index (χ0) is 24.5. The first-order chi connectivity index (χ1) is 16.4. The highest BCUT2D eigenvalue weighted by atomic mass is 16.5. The molecule has 182 valence electrons. The van der Waals surface area contributed by atoms with E-state index in [2.05, 4.69) is 69.0 Å². The number of aliphatic hydroxyl groups excluding tert-OH is 2. The van der Waals surface area contributed by atoms with E-state index in [4.69, 9.17) is 4.74 Å². The molecule has 0 aliphatic heterocycles. The molecule has 0 radical (unpaired) electrons. The van der Waals surface area contributed by atoms with E-state index in [0.29, 0.717) is 24.3 Å². The first-order valence-electron chi connectivity index (χ1n) is 12.3. The molecule has 4 nitrogen and oxygen atoms in total. The zero-order valence-electron chi connectivity index (χ0n) is 20.9. The molecule has 0 saturated heterocycles. The van der Waals surface area contributed by atoms with Gasteiger partial charge in [0.05, 0.1) is 6.61 Å². The molecule has 3 aromatic rings. The number of hydrogen-bond acceptors (Lipinski definition) is 4. The number of benzene rings is 3. The minimum Gasteiger partial charge on any atom is -0.489 e. The van der Waals surface area contributed by atoms with Crippen molar-refractivity contribution in [3.05, 3.63) is 101 Å². The quantitative estimate of drug-likeness (QED) is 0.351. The molecule has 34 heavy (non-hydrogen) atoms. The third-order valence-corrected chi connectivity index (χ3v) is 6.41. The SMILES string of the molecule is CC(C)N(CC[C@H](c1ccccc1)c1cc([C@H](O)CO)ccc1OCc1ccccc1)C(C)C. The molecule has 0 fully saturated rings. The fraction of sp³-hybridized carbons (Fsp3) is 0.400. The lowest BCUT2D eigenvalue weighted by atomic mass is 9.86. The Hall–Kier alpha value is -2.66. The Balaban J connectivity index is 2.00. The van der Waals surface area contributed by atoms with Crippen molar-refractivity contribution in [2.75, 3.05) is 13.2 Å². The van der Waals surface area contributed by atoms with Crippen LogP contribution in [0.1, 0.15) is 68.4 Å². The maximum Gasteiger partial charge on any atom is 0.123 e. The van der Waals surface area contributed by atoms with Crippen molar-refractivity contribution in [3.63, 3.8) is 0 Å². The van der Waals surface area contributed by atoms with Crippen LogP contribution in [0.5, 0.6) is 5.75 Å². The average Bonchev–Trinajstić information content (AvgIpc) is 2.85. The van der Waals surface area contributed by atoms with Crippen LogP contribution in [-0.4, -0.2) is 40.3 Å². The van der Waals surface area contributed by atoms with Crippen molar-refractivity contribution in [3.8, 4) is 5.75 Å². The zero-order valence-corrected chi connectivity index (χ0v) is 20.9. The highest BCUT2D eigenvalue weighted by molar-refractivity contribution is 5.45. The van der Waals surface area contributed by atoms with E-state index in [1.54, 1.807) is 0 Å². The highest BCUT2D eigenvalue weighted by Crippen LogP contribution is 2.37. The molecule has 0 heterocycles. The molecule has 0 unspecified atom stereocenters. The standard InChI is InChI=1S/C30H39NO3/c1-22(2)31(23(3)4)18-17-27(25-13-9-6-10-14-25)28-19-26(29(33)20-32)15-16-30(28)34-21-24-11-7-5-8-12-24/h5-16,19,22-23,27,29,32-33H,17-18,20-21H2,1-4H3/t27-,29-/m1/s1. The third-order valence-electron chi connectivity index (χ3n) is 6.41. The fourth-order valence-electron chi connectivity index (χ4n) is 4.60. The first kappa shape index (κ1) is 26.0. The van der Waals surface area contributed by atoms with Gasteiger partial charge in [-0.15, -0.1) is 0 Å². The average molecular weight is 462 g/mol. The second kappa shape index (κ2) is 12.7. The van der Waals surface area contributed by atoms with Gasteiger partial charge in [0.15, 0.2) is 0 Å². The molecule has 3 rings (SSSR count). The van der Waals surface area contributed by atoms with Crippen LogP contribution < -0.4 is 4.74 Å². The topological polar surface area (TPSA) is 52.9 Å². The van der Waals surface area contributed by atoms with Crippen LogP contribution in [-0.2, 0) is 6.61 Å². The van der Waals surface area contributed by atoms with E-state index in [-0.39, 0.29) is 12.5 Å². The van der Waals surface area contributed by atoms with Gasteiger partial charge in [-0.25, -0.2) is 0 Å². The second-order valence-corrected chi connectivity index (χ2v) is 9.45. The second-order valence-electron chi connectivity index (χ2n) is 9.45. The van der Waals surface area contributed by atoms with E-state index in [1.165, 1.54) is 5.56 Å². The van der Waals surface area contributed by atoms with Gasteiger partial charge in [0.1, 0.15) is 18.5 Å². The van der Waals surface area contributed by atoms with Crippen molar-refractivity contribution in [2.24, 2.45) is 0 Å². The third kappa shape index (κ3) is 6.92. The number of rotatable bonds is 12. The van der Waals surface area contributed by atoms with Crippen molar-refractivity contribution < 1.29 is 14.9 Å². The smallest absolute Gasteiger partial charge is 0.123 e. The number of ether oxygens (including phenoxy) is 1. The van der Waals surface area contributed by atoms with Crippen LogP contribution in [0.3, 0.4) is 0 Å². The molecular formula is C30H39NO3. The Morgan fingerprint density at radius 2 is 1.41 bits per heavy atom. The summed E-state index contributed by atoms with van der Waals surface area (Å²) in [5, 5.41) is 19.9. The van der Waals surface area contributed by atoms with Crippen LogP contribution in [0.15, 0.2) is 78.9 Å². The molecule has 4 heteroatoms. The number of hydrogen-bond donors (Lipinski definition) is 2. The Labute approximate surface area is 204 Å². The van der Waals surface area contributed by atoms with E-state index in [0.717, 1.165) is 29.8 Å². The van der Waals surface area contributed by atoms with Gasteiger partial charge in [-0.3, -0.25) is 4.90 Å². The van der Waals surface area contributed by atoms with E-state index < -0.39 is 6.10 Å². The summed E-state index contributed by atoms with van der Waals surface area (Å²) in [6.45, 7) is 10.1. The molecule has 2 N–H and O–H groups in total. The molecule has 3 aromatic carbocycles. The van der Waals surface area contributed by atoms with Gasteiger partial charge in [0.25, 0.3) is 0 Å². The molecule has 0 aliphatic rings. The summed E-state index contributed by atoms with van der Waals surface area (Å²) in [4.78, 5) is 2.51. The van der Waals surface area contributed by atoms with Crippen molar-refractivity contribution in [2.45, 2.75) is 64.8 Å². The normalized spacial score (nSPS) is 13.4. The summed E-state index contributed by atoms with van der Waals surface area (Å²) in [7, 11) is 0. The molecule has 0 saturated carbocycles. The molecule has 0 bridgehead atoms. The van der Waals surface area contributed by atoms with Crippen LogP contribution in [0.25, 0.3) is 0 Å². The maximum absolute atomic E-state index is 10.4. The number of aliphatic hydroxyl groups is 2. The Bertz CT molecular complexity index is 980. The molecular weight excluding hydrogens is 422 g/mol. The molecule has 0 spiro atoms. The minimum atomic E-state index is -0.916. The summed E-state index contributed by atoms with van der Waals surface area (Å²) in [6, 6.07) is 27.3. The van der Waals surface area contributed by atoms with Gasteiger partial charge in [0.2, 0.25) is 0 Å². The molecule has 0 amide bonds. The van der Waals surface area contributed by atoms with Crippen LogP contribution in [0, 0.1) is 0 Å². The lowest BCUT2D eigenvalue weighted by Gasteiger charge is -2.32. The van der Waals surface area contributed by atoms with Crippen molar-refractivity contribution in [1.29, 1.82) is 0 Å². The van der Waals surface area contributed by atoms with Crippen molar-refractivity contribution in [1.82, 2.24) is 4.90 Å². The van der Waals surface area contributed by atoms with Gasteiger partial charge < -0.3 is 14.9 Å². The largest absolute Gasteiger partial charge is 0.489 e. The fourth-order valence-corrected chi connectivity index (χ4v) is 4.60. The monoisotopic (exact) mass is 461 g/mol. The van der Waals surface area contributed by atoms with Gasteiger partial charge in [-0.05, 0) is 69.5 Å². The lowest BCUT2D eigenvalue weighted by Crippen LogP contribution is -2.38. The van der Waals surface area contributed by atoms with Crippen LogP contribution in [0.2, 0.25) is 0 Å². The molecule has 0 aromatic heterocycles. The van der Waals surface area contributed by atoms with Gasteiger partial charge in [0, 0.05) is 23.6 Å². The van der Waals surface area contributed by atoms with Crippen molar-refractivity contribution >= 4 is 0 Å². The summed E-state index contributed by atoms with van der Waals surface area (Å²) in [5.74, 6) is 0.907. The van der Waals surface area contributed by atoms with Gasteiger partial charge in [-0.2, -0.15) is 0 Å². The maximum atomic E-state index is 10.4. The van der Waals surface area contributed by atoms with Gasteiger partial charge in [-0.1, -0.05) is 66.7 Å². The summed E-state index contributed by atoms with van der Waals surface area (Å²) >= 11 is 0. The molecule has 0 aliphatic carbocycles. The summed E-state index contributed by atoms with van der Waals surface area (Å²) in [6.07, 6.45) is 0.00182. The van der Waals surface area contributed by atoms with E-state index >= 15 is 0 Å². The van der Waals surface area contributed by atoms with Crippen LogP contribution >= 0.6 is 0 Å². The number of nitrogens with zero attached hydrogens (tertiary/aromatic N) is 1. The molecule has 2 atom stereocenters. The van der Waals surface area contributed by atoms with Crippen LogP contribution in [0.4, 0.5) is 0 Å².